The van der Waals surface area contributed by atoms with Crippen LogP contribution in [0.2, 0.25) is 0 Å². The Hall–Kier alpha value is -1.45. The normalized spacial score (nSPS) is 16.6. The van der Waals surface area contributed by atoms with Gasteiger partial charge in [0.1, 0.15) is 12.7 Å². The lowest BCUT2D eigenvalue weighted by Crippen LogP contribution is -2.51. The minimum atomic E-state index is -0.906. The van der Waals surface area contributed by atoms with E-state index < -0.39 is 23.5 Å². The molecule has 0 radical (unpaired) electrons. The molecule has 1 aliphatic rings. The molecule has 25 heavy (non-hydrogen) atoms. The van der Waals surface area contributed by atoms with Crippen molar-refractivity contribution in [3.63, 3.8) is 0 Å². The highest BCUT2D eigenvalue weighted by atomic mass is 79.9. The van der Waals surface area contributed by atoms with E-state index in [4.69, 9.17) is 9.47 Å². The topological polar surface area (TPSA) is 62.2 Å². The third-order valence-electron chi connectivity index (χ3n) is 3.75. The second-order valence-corrected chi connectivity index (χ2v) is 6.57. The van der Waals surface area contributed by atoms with Gasteiger partial charge < -0.3 is 19.5 Å². The van der Waals surface area contributed by atoms with Crippen LogP contribution in [-0.2, 0) is 4.74 Å². The predicted molar refractivity (Wildman–Crippen MR) is 90.6 cm³/mol. The first kappa shape index (κ1) is 19.9. The van der Waals surface area contributed by atoms with Crippen molar-refractivity contribution in [1.82, 2.24) is 9.80 Å². The fourth-order valence-electron chi connectivity index (χ4n) is 2.52. The number of nitrogens with zero attached hydrogens (tertiary/aromatic N) is 2. The first-order valence-corrected chi connectivity index (χ1v) is 8.79. The summed E-state index contributed by atoms with van der Waals surface area (Å²) in [6.45, 7) is 4.31. The number of halogens is 3. The van der Waals surface area contributed by atoms with Crippen LogP contribution < -0.4 is 4.74 Å². The highest BCUT2D eigenvalue weighted by molar-refractivity contribution is 9.10. The van der Waals surface area contributed by atoms with Gasteiger partial charge in [0, 0.05) is 37.2 Å². The largest absolute Gasteiger partial charge is 0.485 e. The zero-order valence-electron chi connectivity index (χ0n) is 13.9. The monoisotopic (exact) mass is 422 g/mol. The van der Waals surface area contributed by atoms with E-state index in [1.807, 2.05) is 4.90 Å². The van der Waals surface area contributed by atoms with E-state index in [1.54, 1.807) is 11.8 Å². The second kappa shape index (κ2) is 9.30. The molecule has 1 amide bonds. The van der Waals surface area contributed by atoms with Crippen molar-refractivity contribution in [3.8, 4) is 5.75 Å². The summed E-state index contributed by atoms with van der Waals surface area (Å²) >= 11 is 2.99. The summed E-state index contributed by atoms with van der Waals surface area (Å²) in [6.07, 6.45) is -1.25. The molecule has 1 heterocycles. The standard InChI is InChI=1S/C16H21BrF2N2O4/c1-2-24-16(23)21-5-3-20(4-6-21)9-12(22)10-25-15-13(18)7-11(17)8-14(15)19/h7-8,12,22H,2-6,9-10H2,1H3/t12-/m0/s1. The molecular formula is C16H21BrF2N2O4. The molecule has 1 saturated heterocycles. The zero-order valence-corrected chi connectivity index (χ0v) is 15.5. The number of amides is 1. The van der Waals surface area contributed by atoms with Crippen LogP contribution >= 0.6 is 15.9 Å². The number of rotatable bonds is 6. The van der Waals surface area contributed by atoms with E-state index in [0.29, 0.717) is 32.8 Å². The van der Waals surface area contributed by atoms with E-state index in [1.165, 1.54) is 0 Å². The van der Waals surface area contributed by atoms with Crippen molar-refractivity contribution in [1.29, 1.82) is 0 Å². The predicted octanol–water partition coefficient (Wildman–Crippen LogP) is 2.24. The maximum absolute atomic E-state index is 13.7. The Kier molecular flexibility index (Phi) is 7.39. The first-order chi connectivity index (χ1) is 11.9. The molecule has 140 valence electrons. The van der Waals surface area contributed by atoms with Gasteiger partial charge in [-0.05, 0) is 19.1 Å². The van der Waals surface area contributed by atoms with Crippen molar-refractivity contribution < 1.29 is 28.2 Å². The van der Waals surface area contributed by atoms with Crippen molar-refractivity contribution in [2.75, 3.05) is 45.9 Å². The molecule has 0 saturated carbocycles. The molecule has 1 aromatic rings. The highest BCUT2D eigenvalue weighted by Gasteiger charge is 2.23. The molecule has 6 nitrogen and oxygen atoms in total. The van der Waals surface area contributed by atoms with E-state index in [0.717, 1.165) is 12.1 Å². The Labute approximate surface area is 153 Å². The van der Waals surface area contributed by atoms with Crippen LogP contribution in [-0.4, -0.2) is 73.0 Å². The van der Waals surface area contributed by atoms with Crippen LogP contribution in [0, 0.1) is 11.6 Å². The Morgan fingerprint density at radius 3 is 2.44 bits per heavy atom. The lowest BCUT2D eigenvalue weighted by atomic mass is 10.2. The number of hydrogen-bond donors (Lipinski definition) is 1. The quantitative estimate of drug-likeness (QED) is 0.761. The molecular weight excluding hydrogens is 402 g/mol. The lowest BCUT2D eigenvalue weighted by molar-refractivity contribution is 0.0394. The number of hydrogen-bond acceptors (Lipinski definition) is 5. The third kappa shape index (κ3) is 5.79. The van der Waals surface area contributed by atoms with Crippen LogP contribution in [0.25, 0.3) is 0 Å². The van der Waals surface area contributed by atoms with Gasteiger partial charge in [0.25, 0.3) is 0 Å². The molecule has 0 spiro atoms. The number of ether oxygens (including phenoxy) is 2. The molecule has 1 aliphatic heterocycles. The maximum Gasteiger partial charge on any atom is 0.409 e. The van der Waals surface area contributed by atoms with Gasteiger partial charge in [-0.3, -0.25) is 4.90 Å². The van der Waals surface area contributed by atoms with E-state index in [2.05, 4.69) is 15.9 Å². The number of benzene rings is 1. The molecule has 1 fully saturated rings. The Morgan fingerprint density at radius 1 is 1.28 bits per heavy atom. The summed E-state index contributed by atoms with van der Waals surface area (Å²) in [5.41, 5.74) is 0. The minimum Gasteiger partial charge on any atom is -0.485 e. The summed E-state index contributed by atoms with van der Waals surface area (Å²) in [7, 11) is 0. The van der Waals surface area contributed by atoms with Gasteiger partial charge in [-0.2, -0.15) is 0 Å². The molecule has 0 unspecified atom stereocenters. The van der Waals surface area contributed by atoms with Crippen molar-refractivity contribution in [2.24, 2.45) is 0 Å². The summed E-state index contributed by atoms with van der Waals surface area (Å²) in [5.74, 6) is -2.17. The number of aliphatic hydroxyl groups is 1. The molecule has 2 rings (SSSR count). The minimum absolute atomic E-state index is 0.229. The van der Waals surface area contributed by atoms with E-state index in [9.17, 15) is 18.7 Å². The summed E-state index contributed by atoms with van der Waals surface area (Å²) < 4.78 is 37.6. The van der Waals surface area contributed by atoms with Crippen LogP contribution in [0.3, 0.4) is 0 Å². The molecule has 1 atom stereocenters. The number of piperazine rings is 1. The summed E-state index contributed by atoms with van der Waals surface area (Å²) in [6, 6.07) is 2.19. The number of carbonyl (C=O) groups is 1. The molecule has 0 aromatic heterocycles. The highest BCUT2D eigenvalue weighted by Crippen LogP contribution is 2.26. The molecule has 0 bridgehead atoms. The van der Waals surface area contributed by atoms with Crippen molar-refractivity contribution >= 4 is 22.0 Å². The van der Waals surface area contributed by atoms with Gasteiger partial charge >= 0.3 is 6.09 Å². The fourth-order valence-corrected chi connectivity index (χ4v) is 2.93. The number of aliphatic hydroxyl groups excluding tert-OH is 1. The fraction of sp³-hybridized carbons (Fsp3) is 0.562. The Morgan fingerprint density at radius 2 is 1.88 bits per heavy atom. The molecule has 0 aliphatic carbocycles. The van der Waals surface area contributed by atoms with Gasteiger partial charge in [0.2, 0.25) is 0 Å². The summed E-state index contributed by atoms with van der Waals surface area (Å²) in [4.78, 5) is 15.2. The SMILES string of the molecule is CCOC(=O)N1CCN(C[C@H](O)COc2c(F)cc(Br)cc2F)CC1. The van der Waals surface area contributed by atoms with Gasteiger partial charge in [0.15, 0.2) is 17.4 Å². The molecule has 1 aromatic carbocycles. The van der Waals surface area contributed by atoms with Gasteiger partial charge in [-0.15, -0.1) is 0 Å². The van der Waals surface area contributed by atoms with Crippen molar-refractivity contribution in [2.45, 2.75) is 13.0 Å². The zero-order chi connectivity index (χ0) is 18.4. The third-order valence-corrected chi connectivity index (χ3v) is 4.21. The van der Waals surface area contributed by atoms with Crippen LogP contribution in [0.15, 0.2) is 16.6 Å². The second-order valence-electron chi connectivity index (χ2n) is 5.65. The molecule has 9 heteroatoms. The molecule has 1 N–H and O–H groups in total. The Balaban J connectivity index is 1.76. The lowest BCUT2D eigenvalue weighted by Gasteiger charge is -2.34. The summed E-state index contributed by atoms with van der Waals surface area (Å²) in [5, 5.41) is 10.0. The van der Waals surface area contributed by atoms with E-state index in [-0.39, 0.29) is 23.7 Å². The van der Waals surface area contributed by atoms with Crippen LogP contribution in [0.5, 0.6) is 5.75 Å². The van der Waals surface area contributed by atoms with E-state index >= 15 is 0 Å². The van der Waals surface area contributed by atoms with Gasteiger partial charge in [0.05, 0.1) is 6.61 Å². The number of carbonyl (C=O) groups excluding carboxylic acids is 1. The average Bonchev–Trinajstić information content (AvgIpc) is 2.54. The smallest absolute Gasteiger partial charge is 0.409 e. The van der Waals surface area contributed by atoms with Crippen LogP contribution in [0.4, 0.5) is 13.6 Å². The average molecular weight is 423 g/mol. The maximum atomic E-state index is 13.7. The van der Waals surface area contributed by atoms with Gasteiger partial charge in [-0.25, -0.2) is 13.6 Å². The first-order valence-electron chi connectivity index (χ1n) is 8.00. The Bertz CT molecular complexity index is 574. The van der Waals surface area contributed by atoms with Gasteiger partial charge in [-0.1, -0.05) is 15.9 Å². The van der Waals surface area contributed by atoms with Crippen molar-refractivity contribution in [3.05, 3.63) is 28.2 Å². The number of β-amino-alcohol motifs (C(OH)–C–C–N with tert-alkyl or cyclic N) is 1. The van der Waals surface area contributed by atoms with Crippen LogP contribution in [0.1, 0.15) is 6.92 Å².